The molecule has 8 N–H and O–H groups in total. The first-order chi connectivity index (χ1) is 23.0. The summed E-state index contributed by atoms with van der Waals surface area (Å²) in [6.07, 6.45) is 1.11. The van der Waals surface area contributed by atoms with Crippen molar-refractivity contribution >= 4 is 0 Å². The average molecular weight is 701 g/mol. The fourth-order valence-corrected chi connectivity index (χ4v) is 15.6. The van der Waals surface area contributed by atoms with E-state index in [1.165, 1.54) is 0 Å². The van der Waals surface area contributed by atoms with Crippen LogP contribution >= 0.6 is 0 Å². The van der Waals surface area contributed by atoms with Crippen molar-refractivity contribution in [2.75, 3.05) is 0 Å². The molecule has 50 heavy (non-hydrogen) atoms. The van der Waals surface area contributed by atoms with Gasteiger partial charge in [-0.15, -0.1) is 0 Å². The Labute approximate surface area is 295 Å². The summed E-state index contributed by atoms with van der Waals surface area (Å²) in [7, 11) is 0. The first-order valence-corrected chi connectivity index (χ1v) is 19.3. The van der Waals surface area contributed by atoms with Gasteiger partial charge in [0, 0.05) is 45.3 Å². The van der Waals surface area contributed by atoms with Crippen LogP contribution in [0.2, 0.25) is 0 Å². The quantitative estimate of drug-likeness (QED) is 0.137. The van der Waals surface area contributed by atoms with Crippen LogP contribution in [0.4, 0.5) is 0 Å². The molecule has 10 fully saturated rings. The third-order valence-electron chi connectivity index (χ3n) is 18.0. The number of aliphatic hydroxyl groups is 8. The fraction of sp³-hybridized carbons (Fsp3) is 0.900. The Morgan fingerprint density at radius 2 is 0.900 bits per heavy atom. The maximum atomic E-state index is 11.8. The lowest BCUT2D eigenvalue weighted by Crippen LogP contribution is -2.63. The Balaban J connectivity index is 0.000000135. The van der Waals surface area contributed by atoms with Gasteiger partial charge in [0.05, 0.1) is 60.0 Å². The lowest BCUT2D eigenvalue weighted by molar-refractivity contribution is -0.222. The first kappa shape index (κ1) is 34.8. The van der Waals surface area contributed by atoms with Crippen molar-refractivity contribution in [1.29, 1.82) is 0 Å². The Morgan fingerprint density at radius 3 is 1.24 bits per heavy atom. The Morgan fingerprint density at radius 1 is 0.560 bits per heavy atom. The predicted molar refractivity (Wildman–Crippen MR) is 181 cm³/mol. The predicted octanol–water partition coefficient (Wildman–Crippen LogP) is 1.98. The molecule has 2 spiro atoms. The number of hydrogen-bond donors (Lipinski definition) is 8. The molecular formula is C40H60O10. The van der Waals surface area contributed by atoms with E-state index < -0.39 is 80.3 Å². The molecule has 10 heteroatoms. The highest BCUT2D eigenvalue weighted by atomic mass is 16.6. The molecule has 8 aliphatic carbocycles. The largest absolute Gasteiger partial charge is 0.392 e. The summed E-state index contributed by atoms with van der Waals surface area (Å²) >= 11 is 0. The van der Waals surface area contributed by atoms with Gasteiger partial charge in [0.15, 0.2) is 0 Å². The van der Waals surface area contributed by atoms with Gasteiger partial charge in [-0.05, 0) is 77.0 Å². The summed E-state index contributed by atoms with van der Waals surface area (Å²) in [5, 5.41) is 91.7. The average Bonchev–Trinajstić information content (AvgIpc) is 3.90. The van der Waals surface area contributed by atoms with Crippen LogP contribution in [0.5, 0.6) is 0 Å². The van der Waals surface area contributed by atoms with Gasteiger partial charge in [0.25, 0.3) is 0 Å². The monoisotopic (exact) mass is 700 g/mol. The molecule has 20 atom stereocenters. The standard InChI is InChI=1S/2C20H30O5/c2*1-9-7-19-8-12(21)20(24)14(13-16(25-13)17(20,2)3)18(4,23)11(19)6-5-10(9)15(19)22/h2*10-16,21-24H,1,5-8H2,2-4H3/t2*10-,11-,12+,13-,14-,15+,16-,18+,19+,20+/m00/s1. The zero-order valence-electron chi connectivity index (χ0n) is 30.5. The molecule has 4 bridgehead atoms. The van der Waals surface area contributed by atoms with E-state index in [0.717, 1.165) is 36.8 Å². The van der Waals surface area contributed by atoms with Crippen molar-refractivity contribution in [1.82, 2.24) is 0 Å². The smallest absolute Gasteiger partial charge is 0.106 e. The summed E-state index contributed by atoms with van der Waals surface area (Å²) in [6.45, 7) is 19.6. The number of fused-ring (bicyclic) bond motifs is 8. The molecule has 8 saturated carbocycles. The minimum Gasteiger partial charge on any atom is -0.392 e. The van der Waals surface area contributed by atoms with Gasteiger partial charge < -0.3 is 50.3 Å². The minimum absolute atomic E-state index is 0.0461. The van der Waals surface area contributed by atoms with Crippen LogP contribution in [0, 0.1) is 57.2 Å². The number of hydrogen-bond acceptors (Lipinski definition) is 10. The highest BCUT2D eigenvalue weighted by molar-refractivity contribution is 5.35. The molecule has 0 aromatic carbocycles. The van der Waals surface area contributed by atoms with Gasteiger partial charge in [-0.1, -0.05) is 52.0 Å². The Hall–Kier alpha value is -0.920. The fourth-order valence-electron chi connectivity index (χ4n) is 15.6. The molecule has 2 saturated heterocycles. The summed E-state index contributed by atoms with van der Waals surface area (Å²) < 4.78 is 11.7. The van der Waals surface area contributed by atoms with E-state index in [-0.39, 0.29) is 48.1 Å². The number of aliphatic hydroxyl groups excluding tert-OH is 4. The molecule has 10 nitrogen and oxygen atoms in total. The third kappa shape index (κ3) is 3.58. The SMILES string of the molecule is C=C1C[C@@]23C[C@@H](O)[C@@]4(O)[C@@H]([C@@H]5O[C@@H]5C4(C)C)[C@](C)(O)[C@@H]2CC[C@@H]1[C@H]3O.C=C1C[C@@]23C[C@@H](O)[C@@]4(O)[C@@H]([C@@H]5O[C@@H]5C4(C)C)[C@](C)(O)[C@@H]2CC[C@@H]1[C@H]3O. The van der Waals surface area contributed by atoms with E-state index in [1.54, 1.807) is 13.8 Å². The molecular weight excluding hydrogens is 640 g/mol. The van der Waals surface area contributed by atoms with E-state index in [1.807, 2.05) is 27.7 Å². The normalized spacial score (nSPS) is 64.3. The lowest BCUT2D eigenvalue weighted by atomic mass is 9.57. The number of ether oxygens (including phenoxy) is 2. The van der Waals surface area contributed by atoms with Crippen molar-refractivity contribution < 1.29 is 50.3 Å². The van der Waals surface area contributed by atoms with Crippen LogP contribution in [0.15, 0.2) is 24.3 Å². The topological polar surface area (TPSA) is 187 Å². The van der Waals surface area contributed by atoms with Gasteiger partial charge >= 0.3 is 0 Å². The first-order valence-electron chi connectivity index (χ1n) is 19.3. The van der Waals surface area contributed by atoms with Gasteiger partial charge in [-0.2, -0.15) is 0 Å². The maximum absolute atomic E-state index is 11.8. The zero-order chi connectivity index (χ0) is 36.3. The van der Waals surface area contributed by atoms with Crippen LogP contribution in [-0.4, -0.2) is 112 Å². The molecule has 0 unspecified atom stereocenters. The van der Waals surface area contributed by atoms with Gasteiger partial charge in [-0.25, -0.2) is 0 Å². The molecule has 2 heterocycles. The highest BCUT2D eigenvalue weighted by Crippen LogP contribution is 2.74. The van der Waals surface area contributed by atoms with Crippen molar-refractivity contribution in [2.45, 2.75) is 164 Å². The zero-order valence-corrected chi connectivity index (χ0v) is 30.5. The minimum atomic E-state index is -1.42. The number of rotatable bonds is 0. The lowest BCUT2D eigenvalue weighted by Gasteiger charge is -2.51. The molecule has 280 valence electrons. The molecule has 0 radical (unpaired) electrons. The van der Waals surface area contributed by atoms with Crippen LogP contribution < -0.4 is 0 Å². The summed E-state index contributed by atoms with van der Waals surface area (Å²) in [4.78, 5) is 0. The van der Waals surface area contributed by atoms with Crippen molar-refractivity contribution in [3.8, 4) is 0 Å². The van der Waals surface area contributed by atoms with Crippen LogP contribution in [0.3, 0.4) is 0 Å². The van der Waals surface area contributed by atoms with Crippen molar-refractivity contribution in [3.63, 3.8) is 0 Å². The second kappa shape index (κ2) is 9.65. The number of epoxide rings is 2. The van der Waals surface area contributed by atoms with Gasteiger partial charge in [0.2, 0.25) is 0 Å². The summed E-state index contributed by atoms with van der Waals surface area (Å²) in [6, 6.07) is 0. The summed E-state index contributed by atoms with van der Waals surface area (Å²) in [5.74, 6) is -1.36. The highest BCUT2D eigenvalue weighted by Gasteiger charge is 2.84. The van der Waals surface area contributed by atoms with Crippen molar-refractivity contribution in [2.24, 2.45) is 57.2 Å². The van der Waals surface area contributed by atoms with E-state index in [2.05, 4.69) is 13.2 Å². The maximum Gasteiger partial charge on any atom is 0.106 e. The Kier molecular flexibility index (Phi) is 6.72. The van der Waals surface area contributed by atoms with E-state index in [4.69, 9.17) is 9.47 Å². The van der Waals surface area contributed by atoms with Crippen molar-refractivity contribution in [3.05, 3.63) is 24.3 Å². The van der Waals surface area contributed by atoms with Crippen LogP contribution in [0.25, 0.3) is 0 Å². The van der Waals surface area contributed by atoms with Gasteiger partial charge in [-0.3, -0.25) is 0 Å². The van der Waals surface area contributed by atoms with Gasteiger partial charge in [0.1, 0.15) is 11.2 Å². The molecule has 0 amide bonds. The van der Waals surface area contributed by atoms with Crippen LogP contribution in [0.1, 0.15) is 92.9 Å². The van der Waals surface area contributed by atoms with Crippen LogP contribution in [-0.2, 0) is 9.47 Å². The summed E-state index contributed by atoms with van der Waals surface area (Å²) in [5.41, 5.74) is -5.72. The molecule has 2 aliphatic heterocycles. The third-order valence-corrected chi connectivity index (χ3v) is 18.0. The van der Waals surface area contributed by atoms with E-state index in [0.29, 0.717) is 25.7 Å². The molecule has 10 aliphatic rings. The van der Waals surface area contributed by atoms with E-state index >= 15 is 0 Å². The second-order valence-electron chi connectivity index (χ2n) is 20.5. The van der Waals surface area contributed by atoms with E-state index in [9.17, 15) is 40.9 Å². The molecule has 10 rings (SSSR count). The molecule has 0 aromatic heterocycles. The molecule has 0 aromatic rings. The second-order valence-corrected chi connectivity index (χ2v) is 20.5. The Bertz CT molecular complexity index is 1420.